The average Bonchev–Trinajstić information content (AvgIpc) is 1.67. The molecule has 0 aliphatic carbocycles. The molecular formula is C3H5NO3S. The van der Waals surface area contributed by atoms with Gasteiger partial charge in [-0.1, -0.05) is 4.40 Å². The number of hydrogen-bond acceptors (Lipinski definition) is 3. The third kappa shape index (κ3) is 2.49. The van der Waals surface area contributed by atoms with E-state index >= 15 is 0 Å². The predicted molar refractivity (Wildman–Crippen MR) is 27.6 cm³/mol. The molecule has 0 N–H and O–H groups in total. The molecule has 5 heteroatoms. The molecule has 0 atom stereocenters. The fourth-order valence-corrected chi connectivity index (χ4v) is 0.364. The molecule has 0 saturated carbocycles. The van der Waals surface area contributed by atoms with Gasteiger partial charge in [-0.15, -0.1) is 0 Å². The van der Waals surface area contributed by atoms with E-state index in [9.17, 15) is 13.2 Å². The number of nitrogens with zero attached hydrogens (tertiary/aromatic N) is 1. The van der Waals surface area contributed by atoms with Crippen molar-refractivity contribution in [1.82, 2.24) is 0 Å². The summed E-state index contributed by atoms with van der Waals surface area (Å²) in [5.74, 6) is -0.151. The van der Waals surface area contributed by atoms with Gasteiger partial charge in [0, 0.05) is 0 Å². The third-order valence-electron chi connectivity index (χ3n) is 0.541. The molecule has 0 unspecified atom stereocenters. The Bertz CT molecular complexity index is 199. The van der Waals surface area contributed by atoms with Gasteiger partial charge >= 0.3 is 0 Å². The van der Waals surface area contributed by atoms with E-state index < -0.39 is 10.0 Å². The molecule has 8 heavy (non-hydrogen) atoms. The zero-order valence-corrected chi connectivity index (χ0v) is 5.10. The summed E-state index contributed by atoms with van der Waals surface area (Å²) in [4.78, 5) is 9.31. The maximum absolute atomic E-state index is 10.2. The van der Waals surface area contributed by atoms with Crippen molar-refractivity contribution in [3.8, 4) is 0 Å². The normalized spacial score (nSPS) is 10.1. The molecule has 0 amide bonds. The minimum absolute atomic E-state index is 0.151. The van der Waals surface area contributed by atoms with Crippen LogP contribution in [0, 0.1) is 0 Å². The van der Waals surface area contributed by atoms with Crippen molar-refractivity contribution in [2.75, 3.05) is 5.75 Å². The Kier molecular flexibility index (Phi) is 2.37. The topological polar surface area (TPSA) is 63.6 Å². The quantitative estimate of drug-likeness (QED) is 0.384. The highest BCUT2D eigenvalue weighted by Gasteiger charge is 1.99. The van der Waals surface area contributed by atoms with Gasteiger partial charge in [-0.25, -0.2) is 13.2 Å². The van der Waals surface area contributed by atoms with E-state index in [1.54, 1.807) is 0 Å². The van der Waals surface area contributed by atoms with E-state index in [0.29, 0.717) is 0 Å². The van der Waals surface area contributed by atoms with Crippen LogP contribution < -0.4 is 0 Å². The van der Waals surface area contributed by atoms with Crippen molar-refractivity contribution < 1.29 is 13.2 Å². The van der Waals surface area contributed by atoms with Gasteiger partial charge in [0.25, 0.3) is 16.1 Å². The summed E-state index contributed by atoms with van der Waals surface area (Å²) in [6.07, 6.45) is 0.946. The largest absolute Gasteiger partial charge is 0.263 e. The Balaban J connectivity index is 4.41. The molecule has 0 aromatic carbocycles. The molecule has 4 nitrogen and oxygen atoms in total. The highest BCUT2D eigenvalue weighted by atomic mass is 32.2. The molecule has 0 fully saturated rings. The third-order valence-corrected chi connectivity index (χ3v) is 1.62. The number of sulfonamides is 1. The van der Waals surface area contributed by atoms with Crippen LogP contribution in [0.2, 0.25) is 0 Å². The molecule has 0 aromatic heterocycles. The van der Waals surface area contributed by atoms with Gasteiger partial charge in [-0.3, -0.25) is 0 Å². The van der Waals surface area contributed by atoms with Crippen LogP contribution in [0.5, 0.6) is 0 Å². The SMILES string of the molecule is CCS(=O)(=O)N=C=O. The van der Waals surface area contributed by atoms with Crippen LogP contribution in [0.15, 0.2) is 4.40 Å². The van der Waals surface area contributed by atoms with Crippen LogP contribution in [-0.2, 0) is 14.8 Å². The lowest BCUT2D eigenvalue weighted by molar-refractivity contribution is 0.563. The van der Waals surface area contributed by atoms with Crippen LogP contribution in [-0.4, -0.2) is 20.3 Å². The van der Waals surface area contributed by atoms with Gasteiger partial charge in [0.1, 0.15) is 0 Å². The lowest BCUT2D eigenvalue weighted by atomic mass is 11.0. The first-order valence-corrected chi connectivity index (χ1v) is 3.55. The molecule has 0 spiro atoms. The number of isocyanates is 1. The summed E-state index contributed by atoms with van der Waals surface area (Å²) in [6, 6.07) is 0. The fourth-order valence-electron chi connectivity index (χ4n) is 0.121. The molecule has 0 heterocycles. The predicted octanol–water partition coefficient (Wildman–Crippen LogP) is -0.328. The molecular weight excluding hydrogens is 130 g/mol. The highest BCUT2D eigenvalue weighted by molar-refractivity contribution is 7.90. The van der Waals surface area contributed by atoms with Crippen molar-refractivity contribution in [1.29, 1.82) is 0 Å². The summed E-state index contributed by atoms with van der Waals surface area (Å²) in [6.45, 7) is 1.40. The highest BCUT2D eigenvalue weighted by Crippen LogP contribution is 1.85. The number of carbonyl (C=O) groups excluding carboxylic acids is 1. The van der Waals surface area contributed by atoms with Gasteiger partial charge in [0.2, 0.25) is 0 Å². The lowest BCUT2D eigenvalue weighted by Gasteiger charge is -1.81. The molecule has 46 valence electrons. The lowest BCUT2D eigenvalue weighted by Crippen LogP contribution is -1.96. The van der Waals surface area contributed by atoms with Crippen LogP contribution in [0.25, 0.3) is 0 Å². The monoisotopic (exact) mass is 135 g/mol. The average molecular weight is 135 g/mol. The second kappa shape index (κ2) is 2.59. The van der Waals surface area contributed by atoms with Crippen LogP contribution in [0.1, 0.15) is 6.92 Å². The fraction of sp³-hybridized carbons (Fsp3) is 0.667. The van der Waals surface area contributed by atoms with Crippen molar-refractivity contribution in [2.45, 2.75) is 6.92 Å². The summed E-state index contributed by atoms with van der Waals surface area (Å²) < 4.78 is 22.9. The molecule has 0 aromatic rings. The molecule has 0 radical (unpaired) electrons. The van der Waals surface area contributed by atoms with Crippen molar-refractivity contribution in [3.05, 3.63) is 0 Å². The van der Waals surface area contributed by atoms with Crippen LogP contribution >= 0.6 is 0 Å². The van der Waals surface area contributed by atoms with Gasteiger partial charge in [0.05, 0.1) is 5.75 Å². The first-order valence-electron chi connectivity index (χ1n) is 1.94. The van der Waals surface area contributed by atoms with E-state index in [0.717, 1.165) is 6.08 Å². The minimum atomic E-state index is -3.47. The maximum atomic E-state index is 10.2. The van der Waals surface area contributed by atoms with Crippen molar-refractivity contribution in [2.24, 2.45) is 4.40 Å². The van der Waals surface area contributed by atoms with E-state index in [1.165, 1.54) is 6.92 Å². The number of rotatable bonds is 2. The maximum Gasteiger partial charge on any atom is 0.263 e. The number of hydrogen-bond donors (Lipinski definition) is 0. The summed E-state index contributed by atoms with van der Waals surface area (Å²) >= 11 is 0. The zero-order chi connectivity index (χ0) is 6.62. The van der Waals surface area contributed by atoms with E-state index in [1.807, 2.05) is 0 Å². The van der Waals surface area contributed by atoms with E-state index in [2.05, 4.69) is 4.40 Å². The van der Waals surface area contributed by atoms with E-state index in [4.69, 9.17) is 0 Å². The zero-order valence-electron chi connectivity index (χ0n) is 4.29. The first kappa shape index (κ1) is 7.33. The second-order valence-electron chi connectivity index (χ2n) is 1.05. The van der Waals surface area contributed by atoms with E-state index in [-0.39, 0.29) is 5.75 Å². The Hall–Kier alpha value is -0.670. The van der Waals surface area contributed by atoms with Gasteiger partial charge < -0.3 is 0 Å². The van der Waals surface area contributed by atoms with Gasteiger partial charge in [-0.2, -0.15) is 0 Å². The molecule has 0 aliphatic rings. The minimum Gasteiger partial charge on any atom is -0.210 e. The van der Waals surface area contributed by atoms with Gasteiger partial charge in [0.15, 0.2) is 0 Å². The molecule has 0 rings (SSSR count). The van der Waals surface area contributed by atoms with Crippen LogP contribution in [0.4, 0.5) is 0 Å². The molecule has 0 bridgehead atoms. The molecule has 0 aliphatic heterocycles. The Morgan fingerprint density at radius 3 is 2.25 bits per heavy atom. The molecule has 0 saturated heterocycles. The van der Waals surface area contributed by atoms with Crippen molar-refractivity contribution in [3.63, 3.8) is 0 Å². The standard InChI is InChI=1S/C3H5NO3S/c1-2-8(6,7)4-3-5/h2H2,1H3. The summed E-state index contributed by atoms with van der Waals surface area (Å²) in [5, 5.41) is 0. The van der Waals surface area contributed by atoms with Crippen molar-refractivity contribution >= 4 is 16.1 Å². The Morgan fingerprint density at radius 1 is 1.62 bits per heavy atom. The second-order valence-corrected chi connectivity index (χ2v) is 2.98. The Morgan fingerprint density at radius 2 is 2.12 bits per heavy atom. The van der Waals surface area contributed by atoms with Gasteiger partial charge in [-0.05, 0) is 6.92 Å². The van der Waals surface area contributed by atoms with Crippen LogP contribution in [0.3, 0.4) is 0 Å². The summed E-state index contributed by atoms with van der Waals surface area (Å²) in [5.41, 5.74) is 0. The summed E-state index contributed by atoms with van der Waals surface area (Å²) in [7, 11) is -3.47. The Labute approximate surface area is 47.3 Å². The smallest absolute Gasteiger partial charge is 0.210 e. The first-order chi connectivity index (χ1) is 3.62.